The molecule has 1 amide bonds. The molecule has 0 heterocycles. The minimum Gasteiger partial charge on any atom is -0.493 e. The van der Waals surface area contributed by atoms with Gasteiger partial charge in [0, 0.05) is 0 Å². The van der Waals surface area contributed by atoms with Crippen LogP contribution >= 0.6 is 0 Å². The second-order valence-corrected chi connectivity index (χ2v) is 5.09. The van der Waals surface area contributed by atoms with Crippen molar-refractivity contribution in [3.8, 4) is 11.5 Å². The van der Waals surface area contributed by atoms with E-state index < -0.39 is 6.04 Å². The van der Waals surface area contributed by atoms with Crippen LogP contribution in [0.3, 0.4) is 0 Å². The summed E-state index contributed by atoms with van der Waals surface area (Å²) in [5.74, 6) is 1.19. The Morgan fingerprint density at radius 1 is 1.29 bits per heavy atom. The third-order valence-electron chi connectivity index (χ3n) is 3.47. The fraction of sp³-hybridized carbons (Fsp3) is 0.562. The normalized spacial score (nSPS) is 13.4. The highest BCUT2D eigenvalue weighted by atomic mass is 16.5. The highest BCUT2D eigenvalue weighted by molar-refractivity contribution is 5.81. The SMILES string of the molecule is CCCC[C@H](N)C(=O)NC(C)c1ccc(OC)c(OC)c1. The van der Waals surface area contributed by atoms with Crippen LogP contribution in [0.5, 0.6) is 11.5 Å². The van der Waals surface area contributed by atoms with Crippen molar-refractivity contribution in [3.05, 3.63) is 23.8 Å². The molecule has 5 heteroatoms. The molecule has 0 aliphatic rings. The van der Waals surface area contributed by atoms with E-state index in [1.807, 2.05) is 25.1 Å². The Labute approximate surface area is 126 Å². The van der Waals surface area contributed by atoms with E-state index in [0.29, 0.717) is 17.9 Å². The molecule has 5 nitrogen and oxygen atoms in total. The molecule has 1 rings (SSSR count). The van der Waals surface area contributed by atoms with Gasteiger partial charge in [-0.05, 0) is 31.0 Å². The Kier molecular flexibility index (Phi) is 7.02. The van der Waals surface area contributed by atoms with Gasteiger partial charge in [0.2, 0.25) is 5.91 Å². The number of methoxy groups -OCH3 is 2. The molecule has 0 radical (unpaired) electrons. The molecule has 0 aromatic heterocycles. The molecule has 1 aromatic rings. The summed E-state index contributed by atoms with van der Waals surface area (Å²) in [5, 5.41) is 2.93. The number of carbonyl (C=O) groups is 1. The van der Waals surface area contributed by atoms with E-state index >= 15 is 0 Å². The first-order chi connectivity index (χ1) is 10.0. The minimum atomic E-state index is -0.451. The van der Waals surface area contributed by atoms with Gasteiger partial charge in [0.15, 0.2) is 11.5 Å². The molecule has 0 spiro atoms. The Hall–Kier alpha value is -1.75. The second-order valence-electron chi connectivity index (χ2n) is 5.09. The summed E-state index contributed by atoms with van der Waals surface area (Å²) in [7, 11) is 3.18. The molecule has 1 aromatic carbocycles. The monoisotopic (exact) mass is 294 g/mol. The maximum Gasteiger partial charge on any atom is 0.237 e. The molecule has 118 valence electrons. The summed E-state index contributed by atoms with van der Waals surface area (Å²) in [4.78, 5) is 12.0. The van der Waals surface area contributed by atoms with Crippen LogP contribution in [-0.4, -0.2) is 26.2 Å². The minimum absolute atomic E-state index is 0.120. The lowest BCUT2D eigenvalue weighted by Gasteiger charge is -2.19. The third kappa shape index (κ3) is 4.93. The van der Waals surface area contributed by atoms with Gasteiger partial charge in [-0.1, -0.05) is 25.8 Å². The van der Waals surface area contributed by atoms with Crippen LogP contribution in [0.25, 0.3) is 0 Å². The van der Waals surface area contributed by atoms with Gasteiger partial charge in [0.1, 0.15) is 0 Å². The second kappa shape index (κ2) is 8.52. The summed E-state index contributed by atoms with van der Waals surface area (Å²) in [6.45, 7) is 4.00. The van der Waals surface area contributed by atoms with Crippen molar-refractivity contribution in [3.63, 3.8) is 0 Å². The van der Waals surface area contributed by atoms with Crippen LogP contribution < -0.4 is 20.5 Å². The quantitative estimate of drug-likeness (QED) is 0.772. The van der Waals surface area contributed by atoms with E-state index in [0.717, 1.165) is 18.4 Å². The fourth-order valence-corrected chi connectivity index (χ4v) is 2.08. The highest BCUT2D eigenvalue weighted by Gasteiger charge is 2.17. The third-order valence-corrected chi connectivity index (χ3v) is 3.47. The number of nitrogens with two attached hydrogens (primary N) is 1. The maximum absolute atomic E-state index is 12.0. The van der Waals surface area contributed by atoms with Crippen LogP contribution in [0.2, 0.25) is 0 Å². The molecule has 2 atom stereocenters. The number of rotatable bonds is 8. The van der Waals surface area contributed by atoms with Gasteiger partial charge in [-0.25, -0.2) is 0 Å². The molecular formula is C16H26N2O3. The van der Waals surface area contributed by atoms with Crippen molar-refractivity contribution in [1.29, 1.82) is 0 Å². The zero-order valence-electron chi connectivity index (χ0n) is 13.3. The molecular weight excluding hydrogens is 268 g/mol. The fourth-order valence-electron chi connectivity index (χ4n) is 2.08. The summed E-state index contributed by atoms with van der Waals surface area (Å²) in [6, 6.07) is 5.01. The van der Waals surface area contributed by atoms with Crippen LogP contribution in [0, 0.1) is 0 Å². The molecule has 3 N–H and O–H groups in total. The average Bonchev–Trinajstić information content (AvgIpc) is 2.51. The molecule has 0 saturated heterocycles. The van der Waals surface area contributed by atoms with Gasteiger partial charge in [-0.2, -0.15) is 0 Å². The predicted octanol–water partition coefficient (Wildman–Crippen LogP) is 2.40. The summed E-state index contributed by atoms with van der Waals surface area (Å²) < 4.78 is 10.5. The Bertz CT molecular complexity index is 463. The van der Waals surface area contributed by atoms with Gasteiger partial charge < -0.3 is 20.5 Å². The van der Waals surface area contributed by atoms with Gasteiger partial charge in [-0.15, -0.1) is 0 Å². The van der Waals surface area contributed by atoms with Crippen molar-refractivity contribution >= 4 is 5.91 Å². The lowest BCUT2D eigenvalue weighted by atomic mass is 10.1. The number of benzene rings is 1. The summed E-state index contributed by atoms with van der Waals surface area (Å²) in [5.41, 5.74) is 6.82. The Morgan fingerprint density at radius 2 is 1.95 bits per heavy atom. The van der Waals surface area contributed by atoms with Crippen LogP contribution in [0.1, 0.15) is 44.7 Å². The lowest BCUT2D eigenvalue weighted by Crippen LogP contribution is -2.41. The number of amides is 1. The van der Waals surface area contributed by atoms with E-state index in [1.54, 1.807) is 14.2 Å². The Balaban J connectivity index is 2.70. The summed E-state index contributed by atoms with van der Waals surface area (Å²) >= 11 is 0. The number of unbranched alkanes of at least 4 members (excludes halogenated alkanes) is 1. The zero-order chi connectivity index (χ0) is 15.8. The molecule has 21 heavy (non-hydrogen) atoms. The number of hydrogen-bond acceptors (Lipinski definition) is 4. The van der Waals surface area contributed by atoms with Crippen LogP contribution in [0.15, 0.2) is 18.2 Å². The molecule has 0 saturated carbocycles. The average molecular weight is 294 g/mol. The van der Waals surface area contributed by atoms with E-state index in [1.165, 1.54) is 0 Å². The zero-order valence-corrected chi connectivity index (χ0v) is 13.3. The van der Waals surface area contributed by atoms with Crippen molar-refractivity contribution in [2.24, 2.45) is 5.73 Å². The van der Waals surface area contributed by atoms with Gasteiger partial charge >= 0.3 is 0 Å². The smallest absolute Gasteiger partial charge is 0.237 e. The van der Waals surface area contributed by atoms with Crippen molar-refractivity contribution < 1.29 is 14.3 Å². The van der Waals surface area contributed by atoms with E-state index in [4.69, 9.17) is 15.2 Å². The molecule has 0 fully saturated rings. The first kappa shape index (κ1) is 17.3. The van der Waals surface area contributed by atoms with E-state index in [2.05, 4.69) is 12.2 Å². The molecule has 0 aliphatic heterocycles. The lowest BCUT2D eigenvalue weighted by molar-refractivity contribution is -0.123. The van der Waals surface area contributed by atoms with Crippen LogP contribution in [0.4, 0.5) is 0 Å². The van der Waals surface area contributed by atoms with E-state index in [9.17, 15) is 4.79 Å². The van der Waals surface area contributed by atoms with Crippen molar-refractivity contribution in [2.75, 3.05) is 14.2 Å². The Morgan fingerprint density at radius 3 is 2.52 bits per heavy atom. The van der Waals surface area contributed by atoms with Crippen molar-refractivity contribution in [1.82, 2.24) is 5.32 Å². The van der Waals surface area contributed by atoms with E-state index in [-0.39, 0.29) is 11.9 Å². The van der Waals surface area contributed by atoms with Gasteiger partial charge in [-0.3, -0.25) is 4.79 Å². The topological polar surface area (TPSA) is 73.6 Å². The first-order valence-electron chi connectivity index (χ1n) is 7.31. The predicted molar refractivity (Wildman–Crippen MR) is 83.6 cm³/mol. The van der Waals surface area contributed by atoms with Gasteiger partial charge in [0.05, 0.1) is 26.3 Å². The van der Waals surface area contributed by atoms with Gasteiger partial charge in [0.25, 0.3) is 0 Å². The first-order valence-corrected chi connectivity index (χ1v) is 7.31. The summed E-state index contributed by atoms with van der Waals surface area (Å²) in [6.07, 6.45) is 2.70. The molecule has 0 aliphatic carbocycles. The highest BCUT2D eigenvalue weighted by Crippen LogP contribution is 2.29. The molecule has 1 unspecified atom stereocenters. The maximum atomic E-state index is 12.0. The standard InChI is InChI=1S/C16H26N2O3/c1-5-6-7-13(17)16(19)18-11(2)12-8-9-14(20-3)15(10-12)21-4/h8-11,13H,5-7,17H2,1-4H3,(H,18,19)/t11?,13-/m0/s1. The number of carbonyl (C=O) groups excluding carboxylic acids is 1. The number of ether oxygens (including phenoxy) is 2. The number of nitrogens with one attached hydrogen (secondary N) is 1. The van der Waals surface area contributed by atoms with Crippen LogP contribution in [-0.2, 0) is 4.79 Å². The largest absolute Gasteiger partial charge is 0.493 e. The number of hydrogen-bond donors (Lipinski definition) is 2. The van der Waals surface area contributed by atoms with Crippen molar-refractivity contribution in [2.45, 2.75) is 45.2 Å². The molecule has 0 bridgehead atoms.